The van der Waals surface area contributed by atoms with Crippen molar-refractivity contribution in [2.45, 2.75) is 59.8 Å². The lowest BCUT2D eigenvalue weighted by atomic mass is 10.0. The van der Waals surface area contributed by atoms with Crippen molar-refractivity contribution in [2.24, 2.45) is 0 Å². The molecule has 0 aliphatic carbocycles. The third-order valence-corrected chi connectivity index (χ3v) is 4.45. The largest absolute Gasteiger partial charge is 0.459 e. The number of aliphatic hydroxyl groups is 1. The van der Waals surface area contributed by atoms with E-state index in [4.69, 9.17) is 4.74 Å². The van der Waals surface area contributed by atoms with Crippen LogP contribution in [0.25, 0.3) is 22.0 Å². The topological polar surface area (TPSA) is 107 Å². The molecule has 1 N–H and O–H groups in total. The Morgan fingerprint density at radius 3 is 2.33 bits per heavy atom. The average molecular weight is 410 g/mol. The molecule has 1 aromatic carbocycles. The van der Waals surface area contributed by atoms with Crippen molar-refractivity contribution in [2.75, 3.05) is 0 Å². The number of aliphatic hydroxyl groups excluding tert-OH is 1. The summed E-state index contributed by atoms with van der Waals surface area (Å²) in [6.45, 7) is 10.3. The van der Waals surface area contributed by atoms with Gasteiger partial charge in [-0.1, -0.05) is 0 Å². The van der Waals surface area contributed by atoms with Gasteiger partial charge >= 0.3 is 5.97 Å². The molecule has 0 spiro atoms. The summed E-state index contributed by atoms with van der Waals surface area (Å²) in [5, 5.41) is 14.6. The maximum atomic E-state index is 12.3. The first kappa shape index (κ1) is 21.6. The second-order valence-electron chi connectivity index (χ2n) is 8.34. The van der Waals surface area contributed by atoms with Crippen molar-refractivity contribution in [3.8, 4) is 11.1 Å². The molecule has 0 amide bonds. The molecule has 0 radical (unpaired) electrons. The molecular formula is C22H26N4O4. The number of esters is 1. The van der Waals surface area contributed by atoms with E-state index in [2.05, 4.69) is 15.1 Å². The summed E-state index contributed by atoms with van der Waals surface area (Å²) in [6.07, 6.45) is 2.52. The number of ketones is 1. The summed E-state index contributed by atoms with van der Waals surface area (Å²) in [6, 6.07) is 3.78. The van der Waals surface area contributed by atoms with E-state index in [1.807, 2.05) is 19.1 Å². The summed E-state index contributed by atoms with van der Waals surface area (Å²) in [5.74, 6) is -0.279. The van der Waals surface area contributed by atoms with Gasteiger partial charge in [-0.25, -0.2) is 9.97 Å². The van der Waals surface area contributed by atoms with Crippen molar-refractivity contribution in [1.29, 1.82) is 0 Å². The fraction of sp³-hybridized carbons (Fsp3) is 0.409. The van der Waals surface area contributed by atoms with E-state index >= 15 is 0 Å². The molecule has 30 heavy (non-hydrogen) atoms. The highest BCUT2D eigenvalue weighted by atomic mass is 16.6. The molecular weight excluding hydrogens is 384 g/mol. The minimum absolute atomic E-state index is 0.0898. The monoisotopic (exact) mass is 410 g/mol. The van der Waals surface area contributed by atoms with Gasteiger partial charge in [-0.05, 0) is 57.9 Å². The molecule has 8 heteroatoms. The van der Waals surface area contributed by atoms with Crippen LogP contribution in [0.3, 0.4) is 0 Å². The van der Waals surface area contributed by atoms with Crippen LogP contribution in [0.4, 0.5) is 0 Å². The number of benzene rings is 1. The lowest BCUT2D eigenvalue weighted by Gasteiger charge is -2.19. The quantitative estimate of drug-likeness (QED) is 0.507. The Hall–Kier alpha value is -3.13. The fourth-order valence-electron chi connectivity index (χ4n) is 3.27. The zero-order valence-electron chi connectivity index (χ0n) is 18.1. The number of hydrogen-bond donors (Lipinski definition) is 1. The standard InChI is InChI=1S/C22H26N4O4/c1-12-7-15(16-9-23-21(14(3)28)24-10-16)8-17-19(13(2)27)25-26(20(12)17)11-18(29)30-22(4,5)6/h7-10,14,28H,11H2,1-6H3. The maximum Gasteiger partial charge on any atom is 0.328 e. The minimum atomic E-state index is -0.751. The molecule has 1 unspecified atom stereocenters. The summed E-state index contributed by atoms with van der Waals surface area (Å²) in [5.41, 5.74) is 2.81. The number of aryl methyl sites for hydroxylation is 1. The lowest BCUT2D eigenvalue weighted by Crippen LogP contribution is -2.27. The Labute approximate surface area is 174 Å². The van der Waals surface area contributed by atoms with Crippen molar-refractivity contribution < 1.29 is 19.4 Å². The second kappa shape index (κ2) is 7.95. The lowest BCUT2D eigenvalue weighted by molar-refractivity contribution is -0.155. The molecule has 0 saturated carbocycles. The van der Waals surface area contributed by atoms with Crippen molar-refractivity contribution >= 4 is 22.7 Å². The number of carbonyl (C=O) groups excluding carboxylic acids is 2. The van der Waals surface area contributed by atoms with Crippen LogP contribution in [-0.2, 0) is 16.1 Å². The Morgan fingerprint density at radius 1 is 1.17 bits per heavy atom. The Bertz CT molecular complexity index is 1110. The van der Waals surface area contributed by atoms with Crippen LogP contribution in [-0.4, -0.2) is 42.2 Å². The van der Waals surface area contributed by atoms with E-state index in [1.165, 1.54) is 11.6 Å². The maximum absolute atomic E-state index is 12.3. The predicted molar refractivity (Wildman–Crippen MR) is 112 cm³/mol. The second-order valence-corrected chi connectivity index (χ2v) is 8.34. The van der Waals surface area contributed by atoms with E-state index in [-0.39, 0.29) is 12.3 Å². The molecule has 0 bridgehead atoms. The van der Waals surface area contributed by atoms with Gasteiger partial charge < -0.3 is 9.84 Å². The van der Waals surface area contributed by atoms with Crippen molar-refractivity contribution in [1.82, 2.24) is 19.7 Å². The van der Waals surface area contributed by atoms with Crippen LogP contribution in [0.5, 0.6) is 0 Å². The first-order chi connectivity index (χ1) is 14.0. The number of Topliss-reactive ketones (excluding diaryl/α,β-unsaturated/α-hetero) is 1. The Kier molecular flexibility index (Phi) is 5.72. The first-order valence-electron chi connectivity index (χ1n) is 9.70. The van der Waals surface area contributed by atoms with Gasteiger partial charge in [0, 0.05) is 30.3 Å². The number of aromatic nitrogens is 4. The van der Waals surface area contributed by atoms with E-state index in [1.54, 1.807) is 40.1 Å². The highest BCUT2D eigenvalue weighted by molar-refractivity contribution is 6.06. The summed E-state index contributed by atoms with van der Waals surface area (Å²) < 4.78 is 6.92. The van der Waals surface area contributed by atoms with Crippen LogP contribution in [0.2, 0.25) is 0 Å². The third-order valence-electron chi connectivity index (χ3n) is 4.45. The van der Waals surface area contributed by atoms with Crippen molar-refractivity contribution in [3.63, 3.8) is 0 Å². The predicted octanol–water partition coefficient (Wildman–Crippen LogP) is 3.40. The van der Waals surface area contributed by atoms with Gasteiger partial charge in [-0.2, -0.15) is 5.10 Å². The normalized spacial score (nSPS) is 12.8. The molecule has 1 atom stereocenters. The molecule has 2 aromatic heterocycles. The van der Waals surface area contributed by atoms with Gasteiger partial charge in [0.05, 0.1) is 5.52 Å². The van der Waals surface area contributed by atoms with Gasteiger partial charge in [-0.15, -0.1) is 0 Å². The molecule has 3 rings (SSSR count). The van der Waals surface area contributed by atoms with Crippen LogP contribution in [0.1, 0.15) is 62.6 Å². The Morgan fingerprint density at radius 2 is 1.80 bits per heavy atom. The van der Waals surface area contributed by atoms with E-state index in [9.17, 15) is 14.7 Å². The summed E-state index contributed by atoms with van der Waals surface area (Å²) in [7, 11) is 0. The highest BCUT2D eigenvalue weighted by Gasteiger charge is 2.22. The Balaban J connectivity index is 2.08. The fourth-order valence-corrected chi connectivity index (χ4v) is 3.27. The number of nitrogens with zero attached hydrogens (tertiary/aromatic N) is 4. The van der Waals surface area contributed by atoms with Gasteiger partial charge in [0.25, 0.3) is 0 Å². The molecule has 3 aromatic rings. The number of ether oxygens (including phenoxy) is 1. The van der Waals surface area contributed by atoms with Gasteiger partial charge in [0.1, 0.15) is 23.9 Å². The van der Waals surface area contributed by atoms with Crippen LogP contribution >= 0.6 is 0 Å². The summed E-state index contributed by atoms with van der Waals surface area (Å²) >= 11 is 0. The minimum Gasteiger partial charge on any atom is -0.459 e. The molecule has 8 nitrogen and oxygen atoms in total. The average Bonchev–Trinajstić information content (AvgIpc) is 2.99. The number of carbonyl (C=O) groups is 2. The van der Waals surface area contributed by atoms with E-state index < -0.39 is 17.7 Å². The number of hydrogen-bond acceptors (Lipinski definition) is 7. The third kappa shape index (κ3) is 4.54. The molecule has 0 fully saturated rings. The van der Waals surface area contributed by atoms with Crippen LogP contribution < -0.4 is 0 Å². The molecule has 158 valence electrons. The zero-order chi connectivity index (χ0) is 22.2. The van der Waals surface area contributed by atoms with Crippen molar-refractivity contribution in [3.05, 3.63) is 41.6 Å². The van der Waals surface area contributed by atoms with Gasteiger partial charge in [-0.3, -0.25) is 14.3 Å². The molecule has 0 saturated heterocycles. The highest BCUT2D eigenvalue weighted by Crippen LogP contribution is 2.30. The SMILES string of the molecule is CC(=O)c1nn(CC(=O)OC(C)(C)C)c2c(C)cc(-c3cnc(C(C)O)nc3)cc12. The molecule has 2 heterocycles. The zero-order valence-corrected chi connectivity index (χ0v) is 18.1. The van der Waals surface area contributed by atoms with Gasteiger partial charge in [0.15, 0.2) is 11.6 Å². The van der Waals surface area contributed by atoms with Crippen LogP contribution in [0, 0.1) is 6.92 Å². The number of fused-ring (bicyclic) bond motifs is 1. The number of rotatable bonds is 5. The molecule has 0 aliphatic rings. The smallest absolute Gasteiger partial charge is 0.328 e. The first-order valence-corrected chi connectivity index (χ1v) is 9.70. The van der Waals surface area contributed by atoms with Crippen LogP contribution in [0.15, 0.2) is 24.5 Å². The van der Waals surface area contributed by atoms with E-state index in [0.717, 1.165) is 16.7 Å². The van der Waals surface area contributed by atoms with E-state index in [0.29, 0.717) is 22.4 Å². The molecule has 0 aliphatic heterocycles. The van der Waals surface area contributed by atoms with Gasteiger partial charge in [0.2, 0.25) is 0 Å². The summed E-state index contributed by atoms with van der Waals surface area (Å²) in [4.78, 5) is 32.9.